The molecule has 0 saturated carbocycles. The Morgan fingerprint density at radius 1 is 0.875 bits per heavy atom. The Hall–Kier alpha value is -4.00. The third kappa shape index (κ3) is 6.01. The van der Waals surface area contributed by atoms with Gasteiger partial charge in [0.1, 0.15) is 6.61 Å². The number of nitrogens with zero attached hydrogens (tertiary/aromatic N) is 1. The van der Waals surface area contributed by atoms with Gasteiger partial charge in [0.15, 0.2) is 23.0 Å². The predicted octanol–water partition coefficient (Wildman–Crippen LogP) is 4.45. The molecule has 1 N–H and O–H groups in total. The highest BCUT2D eigenvalue weighted by Gasteiger charge is 2.11. The number of carbonyl (C=O) groups excluding carboxylic acids is 1. The van der Waals surface area contributed by atoms with Gasteiger partial charge in [-0.25, -0.2) is 5.43 Å². The second-order valence-electron chi connectivity index (χ2n) is 6.68. The second-order valence-corrected chi connectivity index (χ2v) is 6.68. The molecule has 3 aromatic rings. The second kappa shape index (κ2) is 11.4. The zero-order chi connectivity index (χ0) is 22.8. The zero-order valence-corrected chi connectivity index (χ0v) is 18.3. The van der Waals surface area contributed by atoms with Crippen LogP contribution in [0.2, 0.25) is 0 Å². The van der Waals surface area contributed by atoms with Crippen molar-refractivity contribution in [1.29, 1.82) is 0 Å². The molecule has 0 unspecified atom stereocenters. The number of nitrogens with one attached hydrogen (secondary N) is 1. The first-order chi connectivity index (χ1) is 15.6. The number of benzene rings is 3. The van der Waals surface area contributed by atoms with Crippen molar-refractivity contribution in [2.75, 3.05) is 20.8 Å². The summed E-state index contributed by atoms with van der Waals surface area (Å²) in [6.07, 6.45) is 1.53. The van der Waals surface area contributed by atoms with E-state index in [1.807, 2.05) is 49.4 Å². The van der Waals surface area contributed by atoms with Crippen molar-refractivity contribution < 1.29 is 23.7 Å². The van der Waals surface area contributed by atoms with Crippen LogP contribution in [0.3, 0.4) is 0 Å². The normalized spacial score (nSPS) is 10.6. The largest absolute Gasteiger partial charge is 0.493 e. The average molecular weight is 434 g/mol. The Morgan fingerprint density at radius 3 is 2.28 bits per heavy atom. The number of carbonyl (C=O) groups is 1. The minimum atomic E-state index is -0.364. The van der Waals surface area contributed by atoms with E-state index in [0.29, 0.717) is 41.8 Å². The van der Waals surface area contributed by atoms with Gasteiger partial charge in [-0.15, -0.1) is 0 Å². The number of rotatable bonds is 10. The molecular formula is C25H26N2O5. The first kappa shape index (κ1) is 22.7. The van der Waals surface area contributed by atoms with Gasteiger partial charge in [0.2, 0.25) is 0 Å². The quantitative estimate of drug-likeness (QED) is 0.377. The molecule has 166 valence electrons. The van der Waals surface area contributed by atoms with E-state index in [2.05, 4.69) is 10.5 Å². The summed E-state index contributed by atoms with van der Waals surface area (Å²) in [4.78, 5) is 12.4. The SMILES string of the molecule is CCOc1ccc(C(=O)N/N=C/c2ccc(OCc3ccccc3)c(OC)c2)cc1OC. The lowest BCUT2D eigenvalue weighted by atomic mass is 10.2. The average Bonchev–Trinajstić information content (AvgIpc) is 2.84. The summed E-state index contributed by atoms with van der Waals surface area (Å²) in [5.41, 5.74) is 4.73. The molecule has 0 bridgehead atoms. The van der Waals surface area contributed by atoms with Gasteiger partial charge in [0.25, 0.3) is 5.91 Å². The van der Waals surface area contributed by atoms with Crippen LogP contribution >= 0.6 is 0 Å². The Kier molecular flexibility index (Phi) is 8.09. The fourth-order valence-electron chi connectivity index (χ4n) is 2.93. The first-order valence-corrected chi connectivity index (χ1v) is 10.1. The van der Waals surface area contributed by atoms with Gasteiger partial charge >= 0.3 is 0 Å². The Balaban J connectivity index is 1.62. The van der Waals surface area contributed by atoms with E-state index in [0.717, 1.165) is 11.1 Å². The third-order valence-electron chi connectivity index (χ3n) is 4.53. The monoisotopic (exact) mass is 434 g/mol. The lowest BCUT2D eigenvalue weighted by Crippen LogP contribution is -2.17. The van der Waals surface area contributed by atoms with E-state index >= 15 is 0 Å². The summed E-state index contributed by atoms with van der Waals surface area (Å²) in [6.45, 7) is 2.82. The Morgan fingerprint density at radius 2 is 1.56 bits per heavy atom. The highest BCUT2D eigenvalue weighted by molar-refractivity contribution is 5.95. The fraction of sp³-hybridized carbons (Fsp3) is 0.200. The number of hydrogen-bond donors (Lipinski definition) is 1. The number of hydrazone groups is 1. The van der Waals surface area contributed by atoms with Gasteiger partial charge in [0, 0.05) is 5.56 Å². The van der Waals surface area contributed by atoms with Gasteiger partial charge in [0.05, 0.1) is 27.0 Å². The van der Waals surface area contributed by atoms with Gasteiger partial charge < -0.3 is 18.9 Å². The Bertz CT molecular complexity index is 1070. The molecule has 0 heterocycles. The molecule has 0 aliphatic heterocycles. The number of amides is 1. The third-order valence-corrected chi connectivity index (χ3v) is 4.53. The molecule has 3 rings (SSSR count). The van der Waals surface area contributed by atoms with E-state index in [9.17, 15) is 4.79 Å². The van der Waals surface area contributed by atoms with Crippen molar-refractivity contribution in [3.8, 4) is 23.0 Å². The van der Waals surface area contributed by atoms with E-state index in [1.54, 1.807) is 31.4 Å². The van der Waals surface area contributed by atoms with Gasteiger partial charge in [-0.3, -0.25) is 4.79 Å². The van der Waals surface area contributed by atoms with Crippen LogP contribution in [0.1, 0.15) is 28.4 Å². The molecule has 0 atom stereocenters. The lowest BCUT2D eigenvalue weighted by molar-refractivity contribution is 0.0954. The summed E-state index contributed by atoms with van der Waals surface area (Å²) >= 11 is 0. The van der Waals surface area contributed by atoms with E-state index in [1.165, 1.54) is 13.3 Å². The molecule has 0 aromatic heterocycles. The highest BCUT2D eigenvalue weighted by Crippen LogP contribution is 2.29. The van der Waals surface area contributed by atoms with Crippen LogP contribution in [0.4, 0.5) is 0 Å². The molecule has 7 nitrogen and oxygen atoms in total. The molecule has 0 spiro atoms. The van der Waals surface area contributed by atoms with Gasteiger partial charge in [-0.1, -0.05) is 30.3 Å². The minimum Gasteiger partial charge on any atom is -0.493 e. The number of methoxy groups -OCH3 is 2. The predicted molar refractivity (Wildman–Crippen MR) is 123 cm³/mol. The zero-order valence-electron chi connectivity index (χ0n) is 18.3. The first-order valence-electron chi connectivity index (χ1n) is 10.1. The number of ether oxygens (including phenoxy) is 4. The molecule has 0 saturated heterocycles. The van der Waals surface area contributed by atoms with Crippen LogP contribution in [0.5, 0.6) is 23.0 Å². The van der Waals surface area contributed by atoms with E-state index in [-0.39, 0.29) is 5.91 Å². The van der Waals surface area contributed by atoms with Crippen LogP contribution in [0.25, 0.3) is 0 Å². The number of hydrogen-bond acceptors (Lipinski definition) is 6. The van der Waals surface area contributed by atoms with Gasteiger partial charge in [-0.2, -0.15) is 5.10 Å². The summed E-state index contributed by atoms with van der Waals surface area (Å²) in [5, 5.41) is 4.04. The Labute approximate surface area is 187 Å². The highest BCUT2D eigenvalue weighted by atomic mass is 16.5. The van der Waals surface area contributed by atoms with Crippen molar-refractivity contribution in [3.63, 3.8) is 0 Å². The van der Waals surface area contributed by atoms with E-state index < -0.39 is 0 Å². The van der Waals surface area contributed by atoms with Gasteiger partial charge in [-0.05, 0) is 54.4 Å². The molecule has 0 aliphatic rings. The molecular weight excluding hydrogens is 408 g/mol. The van der Waals surface area contributed by atoms with Crippen LogP contribution in [-0.4, -0.2) is 32.9 Å². The van der Waals surface area contributed by atoms with Crippen molar-refractivity contribution in [1.82, 2.24) is 5.43 Å². The maximum atomic E-state index is 12.4. The maximum absolute atomic E-state index is 12.4. The van der Waals surface area contributed by atoms with Crippen molar-refractivity contribution in [3.05, 3.63) is 83.4 Å². The van der Waals surface area contributed by atoms with Crippen LogP contribution in [0, 0.1) is 0 Å². The molecule has 1 amide bonds. The smallest absolute Gasteiger partial charge is 0.271 e. The summed E-state index contributed by atoms with van der Waals surface area (Å²) in [7, 11) is 3.10. The van der Waals surface area contributed by atoms with Crippen molar-refractivity contribution >= 4 is 12.1 Å². The molecule has 0 aliphatic carbocycles. The molecule has 3 aromatic carbocycles. The maximum Gasteiger partial charge on any atom is 0.271 e. The van der Waals surface area contributed by atoms with Crippen molar-refractivity contribution in [2.24, 2.45) is 5.10 Å². The van der Waals surface area contributed by atoms with Crippen LogP contribution < -0.4 is 24.4 Å². The molecule has 32 heavy (non-hydrogen) atoms. The molecule has 0 radical (unpaired) electrons. The van der Waals surface area contributed by atoms with Crippen molar-refractivity contribution in [2.45, 2.75) is 13.5 Å². The molecule has 7 heteroatoms. The summed E-state index contributed by atoms with van der Waals surface area (Å²) in [6, 6.07) is 20.3. The van der Waals surface area contributed by atoms with Crippen LogP contribution in [0.15, 0.2) is 71.8 Å². The fourth-order valence-corrected chi connectivity index (χ4v) is 2.93. The lowest BCUT2D eigenvalue weighted by Gasteiger charge is -2.11. The molecule has 0 fully saturated rings. The minimum absolute atomic E-state index is 0.364. The topological polar surface area (TPSA) is 78.4 Å². The van der Waals surface area contributed by atoms with Crippen LogP contribution in [-0.2, 0) is 6.61 Å². The van der Waals surface area contributed by atoms with E-state index in [4.69, 9.17) is 18.9 Å². The summed E-state index contributed by atoms with van der Waals surface area (Å²) < 4.78 is 22.0. The summed E-state index contributed by atoms with van der Waals surface area (Å²) in [5.74, 6) is 1.90. The standard InChI is InChI=1S/C25H26N2O5/c1-4-31-21-13-11-20(15-24(21)30-3)25(28)27-26-16-19-10-12-22(23(14-19)29-2)32-17-18-8-6-5-7-9-18/h5-16H,4,17H2,1-3H3,(H,27,28)/b26-16+.